The number of hydrogen-bond acceptors (Lipinski definition) is 3. The van der Waals surface area contributed by atoms with Crippen molar-refractivity contribution in [3.05, 3.63) is 59.4 Å². The first-order chi connectivity index (χ1) is 11.1. The van der Waals surface area contributed by atoms with E-state index >= 15 is 0 Å². The van der Waals surface area contributed by atoms with Gasteiger partial charge in [0.25, 0.3) is 0 Å². The summed E-state index contributed by atoms with van der Waals surface area (Å²) < 4.78 is 0. The minimum absolute atomic E-state index is 0.00543. The van der Waals surface area contributed by atoms with Gasteiger partial charge in [0.1, 0.15) is 0 Å². The van der Waals surface area contributed by atoms with Crippen LogP contribution in [0.5, 0.6) is 0 Å². The molecule has 0 saturated heterocycles. The van der Waals surface area contributed by atoms with Crippen LogP contribution in [0.3, 0.4) is 0 Å². The molecule has 2 heterocycles. The zero-order valence-electron chi connectivity index (χ0n) is 12.8. The van der Waals surface area contributed by atoms with E-state index in [1.807, 2.05) is 43.3 Å². The number of benzene rings is 1. The molecular weight excluding hydrogens is 292 g/mol. The summed E-state index contributed by atoms with van der Waals surface area (Å²) in [5.41, 5.74) is 3.59. The molecule has 0 bridgehead atoms. The molecule has 0 saturated carbocycles. The predicted molar refractivity (Wildman–Crippen MR) is 86.8 cm³/mol. The lowest BCUT2D eigenvalue weighted by atomic mass is 10.0. The van der Waals surface area contributed by atoms with Gasteiger partial charge in [-0.05, 0) is 36.2 Å². The lowest BCUT2D eigenvalue weighted by molar-refractivity contribution is -0.115. The fraction of sp³-hybridized carbons (Fsp3) is 0.235. The van der Waals surface area contributed by atoms with Crippen LogP contribution in [0.15, 0.2) is 42.6 Å². The Bertz CT molecular complexity index is 731. The molecule has 0 unspecified atom stereocenters. The summed E-state index contributed by atoms with van der Waals surface area (Å²) in [7, 11) is 0. The van der Waals surface area contributed by atoms with Gasteiger partial charge in [-0.2, -0.15) is 0 Å². The number of hydrogen-bond donors (Lipinski definition) is 3. The van der Waals surface area contributed by atoms with Crippen LogP contribution in [-0.2, 0) is 17.8 Å². The highest BCUT2D eigenvalue weighted by Gasteiger charge is 2.19. The number of carbonyl (C=O) groups excluding carboxylic acids is 2. The first-order valence-electron chi connectivity index (χ1n) is 7.49. The Morgan fingerprint density at radius 3 is 3.00 bits per heavy atom. The van der Waals surface area contributed by atoms with E-state index in [0.717, 1.165) is 22.5 Å². The van der Waals surface area contributed by atoms with E-state index in [9.17, 15) is 9.59 Å². The molecular formula is C17H18N4O2. The summed E-state index contributed by atoms with van der Waals surface area (Å²) in [6.45, 7) is 2.29. The molecule has 1 atom stereocenters. The van der Waals surface area contributed by atoms with Crippen LogP contribution in [0, 0.1) is 0 Å². The maximum absolute atomic E-state index is 12.0. The molecule has 118 valence electrons. The predicted octanol–water partition coefficient (Wildman–Crippen LogP) is 2.14. The molecule has 1 aromatic heterocycles. The average molecular weight is 310 g/mol. The second kappa shape index (κ2) is 6.48. The van der Waals surface area contributed by atoms with Crippen molar-refractivity contribution in [2.24, 2.45) is 0 Å². The molecule has 0 fully saturated rings. The van der Waals surface area contributed by atoms with Crippen LogP contribution in [0.25, 0.3) is 0 Å². The third-order valence-corrected chi connectivity index (χ3v) is 3.76. The smallest absolute Gasteiger partial charge is 0.315 e. The van der Waals surface area contributed by atoms with Crippen molar-refractivity contribution in [2.45, 2.75) is 25.9 Å². The van der Waals surface area contributed by atoms with Crippen LogP contribution in [0.4, 0.5) is 10.5 Å². The number of rotatable bonds is 4. The second-order valence-corrected chi connectivity index (χ2v) is 5.51. The Hall–Kier alpha value is -2.89. The fourth-order valence-electron chi connectivity index (χ4n) is 2.52. The Morgan fingerprint density at radius 2 is 2.22 bits per heavy atom. The van der Waals surface area contributed by atoms with Gasteiger partial charge in [0.05, 0.1) is 24.7 Å². The van der Waals surface area contributed by atoms with Crippen molar-refractivity contribution >= 4 is 17.6 Å². The summed E-state index contributed by atoms with van der Waals surface area (Å²) in [6, 6.07) is 10.9. The Balaban J connectivity index is 1.56. The van der Waals surface area contributed by atoms with E-state index < -0.39 is 0 Å². The van der Waals surface area contributed by atoms with Gasteiger partial charge in [-0.1, -0.05) is 18.2 Å². The number of nitrogens with one attached hydrogen (secondary N) is 3. The Labute approximate surface area is 134 Å². The van der Waals surface area contributed by atoms with Gasteiger partial charge >= 0.3 is 6.03 Å². The summed E-state index contributed by atoms with van der Waals surface area (Å²) >= 11 is 0. The van der Waals surface area contributed by atoms with Gasteiger partial charge in [0.15, 0.2) is 0 Å². The Morgan fingerprint density at radius 1 is 1.35 bits per heavy atom. The Kier molecular flexibility index (Phi) is 4.23. The molecule has 23 heavy (non-hydrogen) atoms. The topological polar surface area (TPSA) is 83.1 Å². The quantitative estimate of drug-likeness (QED) is 0.809. The third kappa shape index (κ3) is 3.66. The van der Waals surface area contributed by atoms with Crippen LogP contribution in [0.2, 0.25) is 0 Å². The number of pyridine rings is 1. The molecule has 0 spiro atoms. The second-order valence-electron chi connectivity index (χ2n) is 5.51. The molecule has 1 aromatic carbocycles. The van der Waals surface area contributed by atoms with E-state index in [1.165, 1.54) is 0 Å². The number of anilines is 1. The number of carbonyl (C=O) groups is 2. The third-order valence-electron chi connectivity index (χ3n) is 3.76. The molecule has 2 aromatic rings. The molecule has 0 aliphatic carbocycles. The average Bonchev–Trinajstić information content (AvgIpc) is 2.93. The van der Waals surface area contributed by atoms with Gasteiger partial charge in [-0.3, -0.25) is 9.78 Å². The minimum Gasteiger partial charge on any atom is -0.332 e. The van der Waals surface area contributed by atoms with E-state index in [-0.39, 0.29) is 18.0 Å². The monoisotopic (exact) mass is 310 g/mol. The van der Waals surface area contributed by atoms with Crippen molar-refractivity contribution in [1.29, 1.82) is 0 Å². The van der Waals surface area contributed by atoms with Crippen LogP contribution in [-0.4, -0.2) is 16.9 Å². The highest BCUT2D eigenvalue weighted by Crippen LogP contribution is 2.26. The SMILES string of the molecule is C[C@@H](NC(=O)NCc1ccccn1)c1ccc2c(c1)CC(=O)N2. The molecule has 3 rings (SSSR count). The molecule has 1 aliphatic rings. The number of fused-ring (bicyclic) bond motifs is 1. The van der Waals surface area contributed by atoms with E-state index in [0.29, 0.717) is 13.0 Å². The van der Waals surface area contributed by atoms with Gasteiger partial charge in [0, 0.05) is 11.9 Å². The van der Waals surface area contributed by atoms with Gasteiger partial charge in [-0.15, -0.1) is 0 Å². The van der Waals surface area contributed by atoms with Crippen LogP contribution < -0.4 is 16.0 Å². The van der Waals surface area contributed by atoms with Crippen molar-refractivity contribution < 1.29 is 9.59 Å². The maximum Gasteiger partial charge on any atom is 0.315 e. The first-order valence-corrected chi connectivity index (χ1v) is 7.49. The van der Waals surface area contributed by atoms with Crippen molar-refractivity contribution in [3.8, 4) is 0 Å². The number of nitrogens with zero attached hydrogens (tertiary/aromatic N) is 1. The van der Waals surface area contributed by atoms with Crippen molar-refractivity contribution in [3.63, 3.8) is 0 Å². The maximum atomic E-state index is 12.0. The first kappa shape index (κ1) is 15.0. The number of amides is 3. The minimum atomic E-state index is -0.252. The van der Waals surface area contributed by atoms with Crippen LogP contribution >= 0.6 is 0 Å². The van der Waals surface area contributed by atoms with E-state index in [2.05, 4.69) is 20.9 Å². The molecule has 1 aliphatic heterocycles. The van der Waals surface area contributed by atoms with Crippen molar-refractivity contribution in [2.75, 3.05) is 5.32 Å². The van der Waals surface area contributed by atoms with E-state index in [1.54, 1.807) is 6.20 Å². The zero-order chi connectivity index (χ0) is 16.2. The van der Waals surface area contributed by atoms with Gasteiger partial charge < -0.3 is 16.0 Å². The number of aromatic nitrogens is 1. The zero-order valence-corrected chi connectivity index (χ0v) is 12.8. The summed E-state index contributed by atoms with van der Waals surface area (Å²) in [4.78, 5) is 27.5. The molecule has 6 nitrogen and oxygen atoms in total. The van der Waals surface area contributed by atoms with Gasteiger partial charge in [-0.25, -0.2) is 4.79 Å². The standard InChI is InChI=1S/C17H18N4O2/c1-11(12-5-6-15-13(8-12)9-16(22)21-15)20-17(23)19-10-14-4-2-3-7-18-14/h2-8,11H,9-10H2,1H3,(H,21,22)(H2,19,20,23)/t11-/m1/s1. The highest BCUT2D eigenvalue weighted by molar-refractivity contribution is 5.99. The molecule has 0 radical (unpaired) electrons. The van der Waals surface area contributed by atoms with Gasteiger partial charge in [0.2, 0.25) is 5.91 Å². The molecule has 3 amide bonds. The summed E-state index contributed by atoms with van der Waals surface area (Å²) in [5.74, 6) is 0.00543. The normalized spacial score (nSPS) is 13.9. The van der Waals surface area contributed by atoms with Crippen LogP contribution in [0.1, 0.15) is 29.8 Å². The fourth-order valence-corrected chi connectivity index (χ4v) is 2.52. The lowest BCUT2D eigenvalue weighted by Crippen LogP contribution is -2.36. The van der Waals surface area contributed by atoms with Crippen molar-refractivity contribution in [1.82, 2.24) is 15.6 Å². The molecule has 6 heteroatoms. The lowest BCUT2D eigenvalue weighted by Gasteiger charge is -2.16. The number of urea groups is 1. The largest absolute Gasteiger partial charge is 0.332 e. The summed E-state index contributed by atoms with van der Waals surface area (Å²) in [5, 5.41) is 8.46. The molecule has 3 N–H and O–H groups in total. The highest BCUT2D eigenvalue weighted by atomic mass is 16.2. The van der Waals surface area contributed by atoms with E-state index in [4.69, 9.17) is 0 Å². The summed E-state index contributed by atoms with van der Waals surface area (Å²) in [6.07, 6.45) is 2.08.